The van der Waals surface area contributed by atoms with Crippen molar-refractivity contribution in [3.63, 3.8) is 0 Å². The average Bonchev–Trinajstić information content (AvgIpc) is 3.22. The van der Waals surface area contributed by atoms with Crippen molar-refractivity contribution >= 4 is 119 Å². The van der Waals surface area contributed by atoms with Crippen LogP contribution in [0.15, 0.2) is 155 Å². The number of phenols is 2. The minimum atomic E-state index is -5.45. The molecule has 0 heterocycles. The van der Waals surface area contributed by atoms with Gasteiger partial charge in [-0.05, 0) is 102 Å². The van der Waals surface area contributed by atoms with Crippen LogP contribution in [0.25, 0.3) is 21.5 Å². The van der Waals surface area contributed by atoms with Crippen LogP contribution < -0.4 is 110 Å². The van der Waals surface area contributed by atoms with Crippen molar-refractivity contribution in [3.05, 3.63) is 115 Å². The third-order valence-corrected chi connectivity index (χ3v) is 12.6. The minimum Gasteiger partial charge on any atom is -0.744 e. The Hall–Kier alpha value is -4.63. The van der Waals surface area contributed by atoms with Gasteiger partial charge in [0.15, 0.2) is 5.75 Å². The molecule has 0 saturated carbocycles. The predicted molar refractivity (Wildman–Crippen MR) is 231 cm³/mol. The molecule has 0 atom stereocenters. The molecule has 69 heavy (non-hydrogen) atoms. The van der Waals surface area contributed by atoms with Crippen LogP contribution in [-0.4, -0.2) is 68.1 Å². The maximum absolute atomic E-state index is 13.0. The topological polar surface area (TPSA) is 398 Å². The number of hydrogen-bond donors (Lipinski definition) is 6. The number of nitrogens with zero attached hydrogens (tertiary/aromatic N) is 4. The van der Waals surface area contributed by atoms with Gasteiger partial charge in [0.05, 0.1) is 30.7 Å². The van der Waals surface area contributed by atoms with E-state index in [2.05, 4.69) is 36.4 Å². The second kappa shape index (κ2) is 22.2. The molecular weight excluding hydrogens is 1020 g/mol. The monoisotopic (exact) mass is 1040 g/mol. The molecule has 0 aromatic heterocycles. The molecule has 0 radical (unpaired) electrons. The normalized spacial score (nSPS) is 12.0. The number of rotatable bonds is 12. The van der Waals surface area contributed by atoms with Crippen LogP contribution in [-0.2, 0) is 40.5 Å². The summed E-state index contributed by atoms with van der Waals surface area (Å²) in [4.78, 5) is 9.04. The fourth-order valence-electron chi connectivity index (χ4n) is 6.32. The molecule has 0 bridgehead atoms. The Morgan fingerprint density at radius 2 is 1.03 bits per heavy atom. The van der Waals surface area contributed by atoms with Gasteiger partial charge in [-0.2, -0.15) is 0 Å². The van der Waals surface area contributed by atoms with Crippen LogP contribution >= 0.6 is 0 Å². The standard InChI is InChI=1S/C39H30N8O15S4.3Na/c40-28-11-6-20-15-26(63(51,52)53)19-31(48)35(20)36(28)46-44-29-12-8-24(17-32(29)64(54,55)56)42-39(50)43-25-9-13-30(33(18-25)65(57,58)59)45-47-37-34(66(60,61)62)16-21-14-23(7-10-27(21)38(37)49)41-22-4-2-1-3-5-22;;;/h1-19,41,48-49H,40H2,(H2,42,43,50)(H,51,52,53)(H,54,55,56)(H,57,58,59)(H,60,61,62);;;/q;3*+1/p-4. The van der Waals surface area contributed by atoms with Gasteiger partial charge < -0.3 is 50.1 Å². The first-order chi connectivity index (χ1) is 30.9. The Morgan fingerprint density at radius 3 is 1.55 bits per heavy atom. The first-order valence-electron chi connectivity index (χ1n) is 18.1. The van der Waals surface area contributed by atoms with Crippen LogP contribution in [0.3, 0.4) is 0 Å². The molecule has 7 rings (SSSR count). The van der Waals surface area contributed by atoms with E-state index in [0.717, 1.165) is 36.4 Å². The Balaban J connectivity index is 0.00000346. The summed E-state index contributed by atoms with van der Waals surface area (Å²) < 4.78 is 145. The molecule has 0 aliphatic carbocycles. The molecule has 30 heteroatoms. The number of carbonyl (C=O) groups excluding carboxylic acids is 1. The van der Waals surface area contributed by atoms with E-state index in [9.17, 15) is 66.9 Å². The van der Waals surface area contributed by atoms with Crippen LogP contribution in [0, 0.1) is 0 Å². The largest absolute Gasteiger partial charge is 1.00 e. The molecule has 0 saturated heterocycles. The fourth-order valence-corrected chi connectivity index (χ4v) is 8.77. The summed E-state index contributed by atoms with van der Waals surface area (Å²) in [7, 11) is -21.2. The molecule has 0 aliphatic heterocycles. The van der Waals surface area contributed by atoms with Gasteiger partial charge in [0.25, 0.3) is 0 Å². The number of para-hydroxylation sites is 1. The number of urea groups is 1. The molecular formula is C39H26N8Na3O15S4-. The third-order valence-electron chi connectivity index (χ3n) is 9.24. The van der Waals surface area contributed by atoms with Crippen molar-refractivity contribution in [1.29, 1.82) is 0 Å². The van der Waals surface area contributed by atoms with E-state index in [1.807, 2.05) is 0 Å². The van der Waals surface area contributed by atoms with Gasteiger partial charge in [-0.15, -0.1) is 20.5 Å². The zero-order valence-electron chi connectivity index (χ0n) is 35.7. The van der Waals surface area contributed by atoms with Crippen molar-refractivity contribution in [2.45, 2.75) is 19.6 Å². The Morgan fingerprint density at radius 1 is 0.507 bits per heavy atom. The van der Waals surface area contributed by atoms with E-state index >= 15 is 0 Å². The third kappa shape index (κ3) is 13.4. The number of nitrogens with one attached hydrogen (secondary N) is 3. The number of fused-ring (bicyclic) bond motifs is 2. The molecule has 7 aromatic rings. The Kier molecular flexibility index (Phi) is 18.3. The van der Waals surface area contributed by atoms with Gasteiger partial charge in [0.1, 0.15) is 69.0 Å². The summed E-state index contributed by atoms with van der Waals surface area (Å²) in [6.07, 6.45) is 0. The van der Waals surface area contributed by atoms with Crippen LogP contribution in [0.4, 0.5) is 56.0 Å². The van der Waals surface area contributed by atoms with Crippen molar-refractivity contribution in [1.82, 2.24) is 0 Å². The molecule has 2 amide bonds. The minimum absolute atomic E-state index is 0. The number of azo groups is 2. The van der Waals surface area contributed by atoms with Gasteiger partial charge in [-0.1, -0.05) is 24.3 Å². The van der Waals surface area contributed by atoms with Crippen molar-refractivity contribution in [2.24, 2.45) is 20.5 Å². The summed E-state index contributed by atoms with van der Waals surface area (Å²) in [5, 5.41) is 43.9. The maximum Gasteiger partial charge on any atom is 1.00 e. The number of aromatic hydroxyl groups is 2. The van der Waals surface area contributed by atoms with Crippen molar-refractivity contribution < 1.29 is 156 Å². The number of nitrogens with two attached hydrogens (primary N) is 1. The fraction of sp³-hybridized carbons (Fsp3) is 0. The quantitative estimate of drug-likeness (QED) is 0.0328. The summed E-state index contributed by atoms with van der Waals surface area (Å²) in [6, 6.07) is 22.2. The summed E-state index contributed by atoms with van der Waals surface area (Å²) >= 11 is 0. The molecule has 0 aliphatic rings. The molecule has 0 spiro atoms. The van der Waals surface area contributed by atoms with Gasteiger partial charge >= 0.3 is 94.7 Å². The van der Waals surface area contributed by atoms with E-state index in [0.29, 0.717) is 29.6 Å². The van der Waals surface area contributed by atoms with Crippen LogP contribution in [0.2, 0.25) is 0 Å². The van der Waals surface area contributed by atoms with E-state index < -0.39 is 94.6 Å². The van der Waals surface area contributed by atoms with Gasteiger partial charge in [-0.3, -0.25) is 0 Å². The number of nitrogen functional groups attached to an aromatic ring is 1. The van der Waals surface area contributed by atoms with Gasteiger partial charge in [0, 0.05) is 28.1 Å². The average molecular weight is 1040 g/mol. The summed E-state index contributed by atoms with van der Waals surface area (Å²) in [5.41, 5.74) is 3.73. The van der Waals surface area contributed by atoms with Gasteiger partial charge in [-0.25, -0.2) is 38.5 Å². The SMILES string of the molecule is Nc1ccc2cc(S(=O)(=O)[O-])cc(O)c2c1N=Nc1ccc(NC(=O)Nc2ccc(N=Nc3c(S(=O)(=O)[O-])cc4cc(Nc5ccccc5)ccc4c3O)c(S(=O)(=O)[O-])c2)cc1S(=O)(=O)[O-].[Na+].[Na+].[Na+]. The second-order valence-electron chi connectivity index (χ2n) is 13.7. The zero-order chi connectivity index (χ0) is 47.9. The predicted octanol–water partition coefficient (Wildman–Crippen LogP) is -2.17. The number of carbonyl (C=O) groups is 1. The molecule has 7 N–H and O–H groups in total. The van der Waals surface area contributed by atoms with Crippen LogP contribution in [0.5, 0.6) is 11.5 Å². The van der Waals surface area contributed by atoms with E-state index in [4.69, 9.17) is 5.73 Å². The summed E-state index contributed by atoms with van der Waals surface area (Å²) in [6.45, 7) is 0. The number of phenolic OH excluding ortho intramolecular Hbond substituents is 2. The smallest absolute Gasteiger partial charge is 0.744 e. The number of benzene rings is 7. The Bertz CT molecular complexity index is 3710. The van der Waals surface area contributed by atoms with Gasteiger partial charge in [0.2, 0.25) is 0 Å². The van der Waals surface area contributed by atoms with Crippen LogP contribution in [0.1, 0.15) is 0 Å². The number of hydrogen-bond acceptors (Lipinski definition) is 21. The van der Waals surface area contributed by atoms with E-state index in [1.54, 1.807) is 30.3 Å². The number of anilines is 5. The summed E-state index contributed by atoms with van der Waals surface area (Å²) in [5.74, 6) is -1.57. The van der Waals surface area contributed by atoms with Crippen molar-refractivity contribution in [2.75, 3.05) is 21.7 Å². The first-order valence-corrected chi connectivity index (χ1v) is 23.7. The van der Waals surface area contributed by atoms with E-state index in [-0.39, 0.29) is 133 Å². The first kappa shape index (κ1) is 57.0. The maximum atomic E-state index is 13.0. The second-order valence-corrected chi connectivity index (χ2v) is 19.1. The molecule has 7 aromatic carbocycles. The molecule has 0 unspecified atom stereocenters. The Labute approximate surface area is 458 Å². The molecule has 340 valence electrons. The zero-order valence-corrected chi connectivity index (χ0v) is 44.9. The van der Waals surface area contributed by atoms with Crippen molar-refractivity contribution in [3.8, 4) is 11.5 Å². The molecule has 0 fully saturated rings. The number of amides is 2. The molecule has 23 nitrogen and oxygen atoms in total. The van der Waals surface area contributed by atoms with E-state index in [1.165, 1.54) is 30.3 Å².